The molecule has 6 nitrogen and oxygen atoms in total. The number of carbonyl (C=O) groups excluding carboxylic acids is 2. The van der Waals surface area contributed by atoms with Crippen molar-refractivity contribution in [2.24, 2.45) is 5.10 Å². The molecule has 0 atom stereocenters. The van der Waals surface area contributed by atoms with Crippen LogP contribution in [0.25, 0.3) is 0 Å². The molecular formula is C22H17BrFN3O3. The maximum atomic E-state index is 13.0. The normalized spacial score (nSPS) is 10.6. The molecule has 0 aliphatic heterocycles. The molecule has 0 aromatic heterocycles. The number of anilines is 1. The van der Waals surface area contributed by atoms with Gasteiger partial charge >= 0.3 is 0 Å². The van der Waals surface area contributed by atoms with Crippen molar-refractivity contribution in [3.05, 3.63) is 93.7 Å². The minimum Gasteiger partial charge on any atom is -0.496 e. The molecule has 0 saturated carbocycles. The predicted octanol–water partition coefficient (Wildman–Crippen LogP) is 4.61. The van der Waals surface area contributed by atoms with Gasteiger partial charge in [0.15, 0.2) is 0 Å². The fourth-order valence-electron chi connectivity index (χ4n) is 2.57. The Bertz CT molecular complexity index is 1100. The highest BCUT2D eigenvalue weighted by Crippen LogP contribution is 2.21. The molecule has 0 spiro atoms. The summed E-state index contributed by atoms with van der Waals surface area (Å²) in [6.45, 7) is 0. The second kappa shape index (κ2) is 9.80. The van der Waals surface area contributed by atoms with Crippen LogP contribution in [0.1, 0.15) is 26.3 Å². The first-order valence-electron chi connectivity index (χ1n) is 8.80. The first-order chi connectivity index (χ1) is 14.5. The van der Waals surface area contributed by atoms with E-state index >= 15 is 0 Å². The average Bonchev–Trinajstić information content (AvgIpc) is 2.74. The van der Waals surface area contributed by atoms with Crippen LogP contribution in [-0.2, 0) is 0 Å². The zero-order chi connectivity index (χ0) is 21.5. The molecule has 8 heteroatoms. The van der Waals surface area contributed by atoms with E-state index in [-0.39, 0.29) is 0 Å². The predicted molar refractivity (Wildman–Crippen MR) is 117 cm³/mol. The number of rotatable bonds is 6. The lowest BCUT2D eigenvalue weighted by Crippen LogP contribution is -2.18. The van der Waals surface area contributed by atoms with E-state index in [9.17, 15) is 14.0 Å². The summed E-state index contributed by atoms with van der Waals surface area (Å²) in [5.41, 5.74) is 4.17. The first-order valence-corrected chi connectivity index (χ1v) is 9.59. The molecule has 152 valence electrons. The fourth-order valence-corrected chi connectivity index (χ4v) is 2.95. The van der Waals surface area contributed by atoms with E-state index < -0.39 is 17.6 Å². The summed E-state index contributed by atoms with van der Waals surface area (Å²) in [5.74, 6) is -0.668. The van der Waals surface area contributed by atoms with Crippen LogP contribution in [0.15, 0.2) is 76.3 Å². The smallest absolute Gasteiger partial charge is 0.271 e. The van der Waals surface area contributed by atoms with Gasteiger partial charge in [0.2, 0.25) is 0 Å². The van der Waals surface area contributed by atoms with Gasteiger partial charge in [-0.15, -0.1) is 0 Å². The largest absolute Gasteiger partial charge is 0.496 e. The molecule has 3 aromatic rings. The lowest BCUT2D eigenvalue weighted by Gasteiger charge is -2.07. The number of nitrogens with zero attached hydrogens (tertiary/aromatic N) is 1. The van der Waals surface area contributed by atoms with Gasteiger partial charge in [-0.25, -0.2) is 9.82 Å². The van der Waals surface area contributed by atoms with Gasteiger partial charge in [-0.3, -0.25) is 9.59 Å². The van der Waals surface area contributed by atoms with Crippen molar-refractivity contribution < 1.29 is 18.7 Å². The summed E-state index contributed by atoms with van der Waals surface area (Å²) in [6.07, 6.45) is 1.47. The van der Waals surface area contributed by atoms with Gasteiger partial charge in [0.05, 0.1) is 13.3 Å². The molecular weight excluding hydrogens is 453 g/mol. The third-order valence-corrected chi connectivity index (χ3v) is 4.54. The van der Waals surface area contributed by atoms with E-state index in [1.165, 1.54) is 36.5 Å². The first kappa shape index (κ1) is 21.2. The quantitative estimate of drug-likeness (QED) is 0.408. The van der Waals surface area contributed by atoms with Gasteiger partial charge in [-0.05, 0) is 60.7 Å². The van der Waals surface area contributed by atoms with E-state index in [1.807, 2.05) is 6.07 Å². The molecule has 0 radical (unpaired) electrons. The molecule has 0 bridgehead atoms. The minimum atomic E-state index is -0.446. The topological polar surface area (TPSA) is 79.8 Å². The van der Waals surface area contributed by atoms with Gasteiger partial charge in [0.1, 0.15) is 11.6 Å². The number of ether oxygens (including phenoxy) is 1. The van der Waals surface area contributed by atoms with Crippen LogP contribution in [0, 0.1) is 5.82 Å². The van der Waals surface area contributed by atoms with E-state index in [1.54, 1.807) is 37.4 Å². The lowest BCUT2D eigenvalue weighted by atomic mass is 10.1. The molecule has 2 amide bonds. The fraction of sp³-hybridized carbons (Fsp3) is 0.0455. The van der Waals surface area contributed by atoms with Gasteiger partial charge in [0.25, 0.3) is 11.8 Å². The van der Waals surface area contributed by atoms with Crippen LogP contribution >= 0.6 is 15.9 Å². The zero-order valence-electron chi connectivity index (χ0n) is 15.9. The molecule has 0 saturated heterocycles. The van der Waals surface area contributed by atoms with Crippen molar-refractivity contribution >= 4 is 39.6 Å². The Labute approximate surface area is 180 Å². The molecule has 3 rings (SSSR count). The zero-order valence-corrected chi connectivity index (χ0v) is 17.4. The maximum Gasteiger partial charge on any atom is 0.271 e. The Morgan fingerprint density at radius 3 is 2.50 bits per heavy atom. The summed E-state index contributed by atoms with van der Waals surface area (Å²) in [4.78, 5) is 24.6. The van der Waals surface area contributed by atoms with Crippen LogP contribution in [0.5, 0.6) is 5.75 Å². The van der Waals surface area contributed by atoms with E-state index in [4.69, 9.17) is 4.74 Å². The van der Waals surface area contributed by atoms with Crippen molar-refractivity contribution in [1.82, 2.24) is 5.43 Å². The molecule has 30 heavy (non-hydrogen) atoms. The van der Waals surface area contributed by atoms with E-state index in [0.29, 0.717) is 28.1 Å². The standard InChI is InChI=1S/C22H17BrFN3O3/c1-30-20-10-7-17(23)11-16(20)13-25-27-22(29)15-3-2-4-19(12-15)26-21(28)14-5-8-18(24)9-6-14/h2-13H,1H3,(H,26,28)(H,27,29). The van der Waals surface area contributed by atoms with Crippen LogP contribution < -0.4 is 15.5 Å². The Hall–Kier alpha value is -3.52. The number of carbonyl (C=O) groups is 2. The Morgan fingerprint density at radius 2 is 1.77 bits per heavy atom. The molecule has 2 N–H and O–H groups in total. The Balaban J connectivity index is 1.66. The van der Waals surface area contributed by atoms with Crippen LogP contribution in [-0.4, -0.2) is 25.1 Å². The van der Waals surface area contributed by atoms with Gasteiger partial charge in [0, 0.05) is 26.9 Å². The second-order valence-electron chi connectivity index (χ2n) is 6.13. The van der Waals surface area contributed by atoms with Crippen molar-refractivity contribution in [3.8, 4) is 5.75 Å². The summed E-state index contributed by atoms with van der Waals surface area (Å²) < 4.78 is 19.1. The number of benzene rings is 3. The van der Waals surface area contributed by atoms with E-state index in [0.717, 1.165) is 4.47 Å². The number of hydrogen-bond acceptors (Lipinski definition) is 4. The van der Waals surface area contributed by atoms with Crippen LogP contribution in [0.3, 0.4) is 0 Å². The van der Waals surface area contributed by atoms with Crippen LogP contribution in [0.2, 0.25) is 0 Å². The minimum absolute atomic E-state index is 0.304. The summed E-state index contributed by atoms with van der Waals surface area (Å²) in [7, 11) is 1.55. The molecule has 0 aliphatic rings. The number of methoxy groups -OCH3 is 1. The SMILES string of the molecule is COc1ccc(Br)cc1C=NNC(=O)c1cccc(NC(=O)c2ccc(F)cc2)c1. The van der Waals surface area contributed by atoms with Gasteiger partial charge in [-0.1, -0.05) is 22.0 Å². The maximum absolute atomic E-state index is 13.0. The number of amides is 2. The number of halogens is 2. The highest BCUT2D eigenvalue weighted by Gasteiger charge is 2.09. The molecule has 0 fully saturated rings. The van der Waals surface area contributed by atoms with Crippen molar-refractivity contribution in [3.63, 3.8) is 0 Å². The van der Waals surface area contributed by atoms with Crippen molar-refractivity contribution in [2.45, 2.75) is 0 Å². The summed E-state index contributed by atoms with van der Waals surface area (Å²) >= 11 is 3.37. The van der Waals surface area contributed by atoms with E-state index in [2.05, 4.69) is 31.8 Å². The highest BCUT2D eigenvalue weighted by atomic mass is 79.9. The van der Waals surface area contributed by atoms with Gasteiger partial charge < -0.3 is 10.1 Å². The monoisotopic (exact) mass is 469 g/mol. The Kier molecular flexibility index (Phi) is 6.92. The summed E-state index contributed by atoms with van der Waals surface area (Å²) in [6, 6.07) is 17.0. The third kappa shape index (κ3) is 5.51. The van der Waals surface area contributed by atoms with Crippen LogP contribution in [0.4, 0.5) is 10.1 Å². The molecule has 0 unspecified atom stereocenters. The number of hydrogen-bond donors (Lipinski definition) is 2. The molecule has 3 aromatic carbocycles. The third-order valence-electron chi connectivity index (χ3n) is 4.05. The summed E-state index contributed by atoms with van der Waals surface area (Å²) in [5, 5.41) is 6.64. The molecule has 0 aliphatic carbocycles. The number of hydrazone groups is 1. The van der Waals surface area contributed by atoms with Gasteiger partial charge in [-0.2, -0.15) is 5.10 Å². The van der Waals surface area contributed by atoms with Crippen molar-refractivity contribution in [1.29, 1.82) is 0 Å². The molecule has 0 heterocycles. The second-order valence-corrected chi connectivity index (χ2v) is 7.04. The van der Waals surface area contributed by atoms with Crippen molar-refractivity contribution in [2.75, 3.05) is 12.4 Å². The Morgan fingerprint density at radius 1 is 1.00 bits per heavy atom. The lowest BCUT2D eigenvalue weighted by molar-refractivity contribution is 0.0953. The highest BCUT2D eigenvalue weighted by molar-refractivity contribution is 9.10. The average molecular weight is 470 g/mol. The number of nitrogens with one attached hydrogen (secondary N) is 2.